The van der Waals surface area contributed by atoms with Crippen molar-refractivity contribution in [2.24, 2.45) is 0 Å². The van der Waals surface area contributed by atoms with Crippen LogP contribution >= 0.6 is 46.4 Å². The van der Waals surface area contributed by atoms with E-state index in [4.69, 9.17) is 46.4 Å². The molecule has 1 aromatic heterocycles. The van der Waals surface area contributed by atoms with Crippen LogP contribution in [0.1, 0.15) is 6.04 Å². The van der Waals surface area contributed by atoms with Gasteiger partial charge in [0.25, 0.3) is 5.56 Å². The lowest BCUT2D eigenvalue weighted by Crippen LogP contribution is -2.34. The van der Waals surface area contributed by atoms with Crippen molar-refractivity contribution in [3.05, 3.63) is 49.4 Å². The first-order valence-electron chi connectivity index (χ1n) is 5.36. The maximum absolute atomic E-state index is 12.7. The highest BCUT2D eigenvalue weighted by Crippen LogP contribution is 2.39. The first kappa shape index (κ1) is 16.7. The predicted molar refractivity (Wildman–Crippen MR) is 75.3 cm³/mol. The first-order chi connectivity index (χ1) is 9.62. The second kappa shape index (κ2) is 5.83. The van der Waals surface area contributed by atoms with Gasteiger partial charge < -0.3 is 0 Å². The maximum atomic E-state index is 12.7. The zero-order chi connectivity index (χ0) is 15.9. The quantitative estimate of drug-likeness (QED) is 0.681. The Morgan fingerprint density at radius 2 is 1.86 bits per heavy atom. The van der Waals surface area contributed by atoms with Crippen LogP contribution < -0.4 is 5.56 Å². The van der Waals surface area contributed by atoms with Gasteiger partial charge in [0.1, 0.15) is 11.1 Å². The van der Waals surface area contributed by atoms with Crippen LogP contribution in [-0.4, -0.2) is 21.3 Å². The van der Waals surface area contributed by atoms with Crippen molar-refractivity contribution in [2.45, 2.75) is 17.6 Å². The monoisotopic (exact) mass is 378 g/mol. The molecule has 1 aromatic rings. The van der Waals surface area contributed by atoms with Crippen LogP contribution in [-0.2, 0) is 0 Å². The summed E-state index contributed by atoms with van der Waals surface area (Å²) in [6.45, 7) is 0. The number of allylic oxidation sites excluding steroid dienone is 4. The van der Waals surface area contributed by atoms with Gasteiger partial charge in [-0.25, -0.2) is 4.68 Å². The third kappa shape index (κ3) is 3.23. The van der Waals surface area contributed by atoms with Gasteiger partial charge >= 0.3 is 6.18 Å². The van der Waals surface area contributed by atoms with Crippen LogP contribution in [0.15, 0.2) is 33.7 Å². The molecule has 2 atom stereocenters. The van der Waals surface area contributed by atoms with Crippen molar-refractivity contribution in [1.82, 2.24) is 9.78 Å². The third-order valence-corrected chi connectivity index (χ3v) is 4.15. The minimum atomic E-state index is -4.59. The Labute approximate surface area is 136 Å². The molecule has 0 N–H and O–H groups in total. The summed E-state index contributed by atoms with van der Waals surface area (Å²) < 4.78 is 38.8. The molecule has 0 saturated carbocycles. The van der Waals surface area contributed by atoms with Crippen molar-refractivity contribution in [3.63, 3.8) is 0 Å². The highest BCUT2D eigenvalue weighted by molar-refractivity contribution is 6.41. The Bertz CT molecular complexity index is 696. The van der Waals surface area contributed by atoms with Crippen molar-refractivity contribution in [1.29, 1.82) is 0 Å². The van der Waals surface area contributed by atoms with E-state index in [1.54, 1.807) is 0 Å². The molecule has 3 nitrogen and oxygen atoms in total. The Kier molecular flexibility index (Phi) is 4.63. The molecule has 1 unspecified atom stereocenters. The molecule has 0 aliphatic heterocycles. The number of hydrogen-bond donors (Lipinski definition) is 0. The molecule has 1 aliphatic rings. The minimum absolute atomic E-state index is 0.0773. The second-order valence-corrected chi connectivity index (χ2v) is 5.82. The van der Waals surface area contributed by atoms with Crippen molar-refractivity contribution < 1.29 is 13.2 Å². The van der Waals surface area contributed by atoms with Gasteiger partial charge in [0.05, 0.1) is 22.2 Å². The zero-order valence-electron chi connectivity index (χ0n) is 9.84. The van der Waals surface area contributed by atoms with Gasteiger partial charge in [-0.05, 0) is 6.08 Å². The van der Waals surface area contributed by atoms with Crippen LogP contribution in [0.4, 0.5) is 13.2 Å². The molecule has 0 bridgehead atoms. The number of nitrogens with zero attached hydrogens (tertiary/aromatic N) is 2. The Morgan fingerprint density at radius 1 is 1.24 bits per heavy atom. The summed E-state index contributed by atoms with van der Waals surface area (Å²) in [6, 6.07) is -1.10. The first-order valence-corrected chi connectivity index (χ1v) is 6.93. The van der Waals surface area contributed by atoms with Crippen LogP contribution in [0.2, 0.25) is 10.0 Å². The lowest BCUT2D eigenvalue weighted by molar-refractivity contribution is -0.0887. The van der Waals surface area contributed by atoms with E-state index in [0.29, 0.717) is 6.08 Å². The SMILES string of the molecule is O=c1c(Cl)c(Cl)cnn1[C@H]1C(Cl)=CC(C(F)(F)F)=CC1Cl. The van der Waals surface area contributed by atoms with Crippen LogP contribution in [0.3, 0.4) is 0 Å². The fourth-order valence-corrected chi connectivity index (χ4v) is 2.80. The summed E-state index contributed by atoms with van der Waals surface area (Å²) in [5.41, 5.74) is -1.79. The fraction of sp³-hybridized carbons (Fsp3) is 0.273. The molecule has 0 fully saturated rings. The standard InChI is InChI=1S/C11H5Cl4F3N2O/c12-5-1-4(11(16,17)18)2-6(13)9(5)20-10(21)8(15)7(14)3-19-20/h1-3,5,9H/t5?,9-/m1/s1. The number of hydrogen-bond acceptors (Lipinski definition) is 2. The van der Waals surface area contributed by atoms with Crippen LogP contribution in [0.25, 0.3) is 0 Å². The smallest absolute Gasteiger partial charge is 0.266 e. The molecule has 114 valence electrons. The van der Waals surface area contributed by atoms with Gasteiger partial charge in [0.2, 0.25) is 0 Å². The Hall–Kier alpha value is -0.690. The largest absolute Gasteiger partial charge is 0.416 e. The number of halogens is 7. The Morgan fingerprint density at radius 3 is 2.38 bits per heavy atom. The van der Waals surface area contributed by atoms with E-state index in [1.165, 1.54) is 0 Å². The number of alkyl halides is 4. The summed E-state index contributed by atoms with van der Waals surface area (Å²) in [6.07, 6.45) is -2.05. The van der Waals surface area contributed by atoms with Crippen molar-refractivity contribution in [3.8, 4) is 0 Å². The van der Waals surface area contributed by atoms with Crippen molar-refractivity contribution in [2.75, 3.05) is 0 Å². The lowest BCUT2D eigenvalue weighted by Gasteiger charge is -2.26. The van der Waals surface area contributed by atoms with Gasteiger partial charge in [-0.3, -0.25) is 4.79 Å². The maximum Gasteiger partial charge on any atom is 0.416 e. The molecule has 1 aliphatic carbocycles. The van der Waals surface area contributed by atoms with Gasteiger partial charge in [-0.1, -0.05) is 40.9 Å². The summed E-state index contributed by atoms with van der Waals surface area (Å²) in [7, 11) is 0. The van der Waals surface area contributed by atoms with Crippen LogP contribution in [0, 0.1) is 0 Å². The van der Waals surface area contributed by atoms with Gasteiger partial charge in [-0.2, -0.15) is 18.3 Å². The summed E-state index contributed by atoms with van der Waals surface area (Å²) in [5, 5.41) is 1.83. The molecule has 1 heterocycles. The van der Waals surface area contributed by atoms with Gasteiger partial charge in [0.15, 0.2) is 0 Å². The highest BCUT2D eigenvalue weighted by atomic mass is 35.5. The average molecular weight is 380 g/mol. The van der Waals surface area contributed by atoms with E-state index in [0.717, 1.165) is 17.0 Å². The zero-order valence-corrected chi connectivity index (χ0v) is 12.9. The highest BCUT2D eigenvalue weighted by Gasteiger charge is 2.38. The topological polar surface area (TPSA) is 34.9 Å². The minimum Gasteiger partial charge on any atom is -0.266 e. The molecular weight excluding hydrogens is 375 g/mol. The average Bonchev–Trinajstić information content (AvgIpc) is 2.36. The van der Waals surface area contributed by atoms with E-state index < -0.39 is 28.7 Å². The van der Waals surface area contributed by atoms with Crippen molar-refractivity contribution >= 4 is 46.4 Å². The van der Waals surface area contributed by atoms with E-state index in [-0.39, 0.29) is 15.1 Å². The summed E-state index contributed by atoms with van der Waals surface area (Å²) in [5.74, 6) is 0. The second-order valence-electron chi connectivity index (χ2n) is 4.09. The summed E-state index contributed by atoms with van der Waals surface area (Å²) >= 11 is 23.1. The number of aromatic nitrogens is 2. The molecular formula is C11H5Cl4F3N2O. The molecule has 0 saturated heterocycles. The van der Waals surface area contributed by atoms with Gasteiger partial charge in [-0.15, -0.1) is 11.6 Å². The normalized spacial score (nSPS) is 22.8. The third-order valence-electron chi connectivity index (χ3n) is 2.71. The molecule has 0 aromatic carbocycles. The van der Waals surface area contributed by atoms with E-state index >= 15 is 0 Å². The molecule has 0 amide bonds. The van der Waals surface area contributed by atoms with E-state index in [2.05, 4.69) is 5.10 Å². The molecule has 21 heavy (non-hydrogen) atoms. The predicted octanol–water partition coefficient (Wildman–Crippen LogP) is 4.32. The van der Waals surface area contributed by atoms with E-state index in [9.17, 15) is 18.0 Å². The molecule has 0 spiro atoms. The fourth-order valence-electron chi connectivity index (χ4n) is 1.75. The van der Waals surface area contributed by atoms with Crippen LogP contribution in [0.5, 0.6) is 0 Å². The van der Waals surface area contributed by atoms with Gasteiger partial charge in [0, 0.05) is 5.03 Å². The molecule has 0 radical (unpaired) electrons. The number of rotatable bonds is 1. The molecule has 10 heteroatoms. The lowest BCUT2D eigenvalue weighted by atomic mass is 10.0. The molecule has 2 rings (SSSR count). The summed E-state index contributed by atoms with van der Waals surface area (Å²) in [4.78, 5) is 12.0. The Balaban J connectivity index is 2.50. The van der Waals surface area contributed by atoms with E-state index in [1.807, 2.05) is 0 Å².